The molecule has 0 bridgehead atoms. The lowest BCUT2D eigenvalue weighted by Crippen LogP contribution is -2.21. The molecule has 110 valence electrons. The summed E-state index contributed by atoms with van der Waals surface area (Å²) in [6, 6.07) is 3.67. The van der Waals surface area contributed by atoms with Crippen molar-refractivity contribution in [3.8, 4) is 0 Å². The largest absolute Gasteiger partial charge is 0.364 e. The third-order valence-corrected chi connectivity index (χ3v) is 2.90. The van der Waals surface area contributed by atoms with Gasteiger partial charge in [-0.3, -0.25) is 19.9 Å². The monoisotopic (exact) mass is 287 g/mol. The highest BCUT2D eigenvalue weighted by molar-refractivity contribution is 5.93. The van der Waals surface area contributed by atoms with Gasteiger partial charge in [0.15, 0.2) is 0 Å². The molecule has 2 heterocycles. The van der Waals surface area contributed by atoms with E-state index in [1.54, 1.807) is 23.0 Å². The Kier molecular flexibility index (Phi) is 4.65. The fourth-order valence-corrected chi connectivity index (χ4v) is 1.92. The van der Waals surface area contributed by atoms with Gasteiger partial charge in [-0.1, -0.05) is 13.0 Å². The number of anilines is 1. The molecule has 2 amide bonds. The van der Waals surface area contributed by atoms with Crippen LogP contribution < -0.4 is 11.1 Å². The van der Waals surface area contributed by atoms with E-state index in [1.165, 1.54) is 6.20 Å². The number of carbonyl (C=O) groups excluding carboxylic acids is 2. The summed E-state index contributed by atoms with van der Waals surface area (Å²) in [5.74, 6) is -0.431. The molecule has 2 aromatic heterocycles. The van der Waals surface area contributed by atoms with E-state index in [2.05, 4.69) is 15.3 Å². The van der Waals surface area contributed by atoms with E-state index in [4.69, 9.17) is 5.73 Å². The van der Waals surface area contributed by atoms with Gasteiger partial charge in [-0.05, 0) is 18.1 Å². The van der Waals surface area contributed by atoms with Crippen LogP contribution in [-0.2, 0) is 11.3 Å². The predicted molar refractivity (Wildman–Crippen MR) is 77.6 cm³/mol. The van der Waals surface area contributed by atoms with Gasteiger partial charge >= 0.3 is 0 Å². The number of hydrogen-bond donors (Lipinski definition) is 2. The first-order chi connectivity index (χ1) is 10.1. The van der Waals surface area contributed by atoms with E-state index in [0.717, 1.165) is 12.0 Å². The average Bonchev–Trinajstić information content (AvgIpc) is 2.83. The molecule has 0 radical (unpaired) electrons. The highest BCUT2D eigenvalue weighted by Gasteiger charge is 2.16. The summed E-state index contributed by atoms with van der Waals surface area (Å²) in [6.07, 6.45) is 5.84. The molecule has 2 aromatic rings. The van der Waals surface area contributed by atoms with Crippen molar-refractivity contribution in [1.29, 1.82) is 0 Å². The third kappa shape index (κ3) is 3.65. The Balaban J connectivity index is 2.29. The first-order valence-corrected chi connectivity index (χ1v) is 6.66. The molecule has 0 aliphatic carbocycles. The van der Waals surface area contributed by atoms with Crippen LogP contribution in [0.4, 0.5) is 5.95 Å². The van der Waals surface area contributed by atoms with E-state index < -0.39 is 5.91 Å². The molecule has 0 aliphatic heterocycles. The highest BCUT2D eigenvalue weighted by Crippen LogP contribution is 2.14. The topological polar surface area (TPSA) is 103 Å². The quantitative estimate of drug-likeness (QED) is 0.832. The van der Waals surface area contributed by atoms with Crippen LogP contribution >= 0.6 is 0 Å². The Bertz CT molecular complexity index is 636. The number of aromatic nitrogens is 3. The fourth-order valence-electron chi connectivity index (χ4n) is 1.92. The summed E-state index contributed by atoms with van der Waals surface area (Å²) in [5.41, 5.74) is 6.46. The molecule has 0 aromatic carbocycles. The van der Waals surface area contributed by atoms with Crippen LogP contribution in [0.2, 0.25) is 0 Å². The number of hydrogen-bond acceptors (Lipinski definition) is 4. The van der Waals surface area contributed by atoms with Crippen molar-refractivity contribution in [2.24, 2.45) is 5.73 Å². The molecule has 0 spiro atoms. The van der Waals surface area contributed by atoms with Crippen molar-refractivity contribution in [2.45, 2.75) is 26.3 Å². The van der Waals surface area contributed by atoms with Gasteiger partial charge in [0.2, 0.25) is 11.9 Å². The molecule has 0 saturated heterocycles. The van der Waals surface area contributed by atoms with Crippen molar-refractivity contribution in [1.82, 2.24) is 14.5 Å². The first kappa shape index (κ1) is 14.7. The Labute approximate surface area is 122 Å². The number of amides is 2. The standard InChI is InChI=1S/C14H17N5O2/c1-2-4-12(20)18-14-17-8-11(13(15)21)19(14)9-10-5-3-6-16-7-10/h3,5-8H,2,4,9H2,1H3,(H2,15,21)(H,17,18,20). The zero-order chi connectivity index (χ0) is 15.2. The van der Waals surface area contributed by atoms with Crippen LogP contribution in [0.5, 0.6) is 0 Å². The molecule has 7 heteroatoms. The van der Waals surface area contributed by atoms with Crippen molar-refractivity contribution in [3.05, 3.63) is 42.0 Å². The highest BCUT2D eigenvalue weighted by atomic mass is 16.2. The normalized spacial score (nSPS) is 10.3. The SMILES string of the molecule is CCCC(=O)Nc1ncc(C(N)=O)n1Cc1cccnc1. The maximum atomic E-state index is 11.7. The van der Waals surface area contributed by atoms with Gasteiger partial charge in [0.05, 0.1) is 12.7 Å². The minimum Gasteiger partial charge on any atom is -0.364 e. The number of carbonyl (C=O) groups is 2. The second kappa shape index (κ2) is 6.65. The molecule has 0 saturated carbocycles. The minimum absolute atomic E-state index is 0.147. The summed E-state index contributed by atoms with van der Waals surface area (Å²) < 4.78 is 1.58. The van der Waals surface area contributed by atoms with Crippen molar-refractivity contribution in [2.75, 3.05) is 5.32 Å². The smallest absolute Gasteiger partial charge is 0.267 e. The van der Waals surface area contributed by atoms with Gasteiger partial charge < -0.3 is 10.3 Å². The van der Waals surface area contributed by atoms with Gasteiger partial charge in [-0.2, -0.15) is 0 Å². The second-order valence-electron chi connectivity index (χ2n) is 4.58. The van der Waals surface area contributed by atoms with Gasteiger partial charge in [0.1, 0.15) is 5.69 Å². The van der Waals surface area contributed by atoms with Crippen LogP contribution in [0.15, 0.2) is 30.7 Å². The number of primary amides is 1. The lowest BCUT2D eigenvalue weighted by Gasteiger charge is -2.11. The Morgan fingerprint density at radius 3 is 2.81 bits per heavy atom. The van der Waals surface area contributed by atoms with Gasteiger partial charge in [0, 0.05) is 18.8 Å². The number of imidazole rings is 1. The summed E-state index contributed by atoms with van der Waals surface area (Å²) >= 11 is 0. The lowest BCUT2D eigenvalue weighted by molar-refractivity contribution is -0.116. The predicted octanol–water partition coefficient (Wildman–Crippen LogP) is 1.16. The summed E-state index contributed by atoms with van der Waals surface area (Å²) in [4.78, 5) is 31.3. The molecule has 21 heavy (non-hydrogen) atoms. The van der Waals surface area contributed by atoms with E-state index in [9.17, 15) is 9.59 Å². The zero-order valence-electron chi connectivity index (χ0n) is 11.7. The van der Waals surface area contributed by atoms with Crippen LogP contribution in [0, 0.1) is 0 Å². The summed E-state index contributed by atoms with van der Waals surface area (Å²) in [5, 5.41) is 2.69. The fraction of sp³-hybridized carbons (Fsp3) is 0.286. The number of nitrogens with one attached hydrogen (secondary N) is 1. The number of pyridine rings is 1. The maximum absolute atomic E-state index is 11.7. The number of nitrogens with two attached hydrogens (primary N) is 1. The first-order valence-electron chi connectivity index (χ1n) is 6.66. The number of rotatable bonds is 6. The van der Waals surface area contributed by atoms with Crippen LogP contribution in [0.1, 0.15) is 35.8 Å². The Morgan fingerprint density at radius 2 is 2.19 bits per heavy atom. The molecule has 0 aliphatic rings. The maximum Gasteiger partial charge on any atom is 0.267 e. The molecule has 0 atom stereocenters. The number of nitrogens with zero attached hydrogens (tertiary/aromatic N) is 3. The van der Waals surface area contributed by atoms with E-state index in [0.29, 0.717) is 18.9 Å². The van der Waals surface area contributed by atoms with Gasteiger partial charge in [0.25, 0.3) is 5.91 Å². The van der Waals surface area contributed by atoms with E-state index in [1.807, 2.05) is 13.0 Å². The van der Waals surface area contributed by atoms with Gasteiger partial charge in [-0.15, -0.1) is 0 Å². The van der Waals surface area contributed by atoms with E-state index >= 15 is 0 Å². The molecular formula is C14H17N5O2. The Hall–Kier alpha value is -2.70. The second-order valence-corrected chi connectivity index (χ2v) is 4.58. The third-order valence-electron chi connectivity index (χ3n) is 2.90. The molecule has 2 rings (SSSR count). The lowest BCUT2D eigenvalue weighted by atomic mass is 10.3. The van der Waals surface area contributed by atoms with Gasteiger partial charge in [-0.25, -0.2) is 4.98 Å². The Morgan fingerprint density at radius 1 is 1.38 bits per heavy atom. The molecule has 0 unspecified atom stereocenters. The van der Waals surface area contributed by atoms with E-state index in [-0.39, 0.29) is 11.6 Å². The minimum atomic E-state index is -0.595. The van der Waals surface area contributed by atoms with Crippen LogP contribution in [0.3, 0.4) is 0 Å². The van der Waals surface area contributed by atoms with Crippen molar-refractivity contribution >= 4 is 17.8 Å². The van der Waals surface area contributed by atoms with Crippen molar-refractivity contribution < 1.29 is 9.59 Å². The van der Waals surface area contributed by atoms with Crippen LogP contribution in [0.25, 0.3) is 0 Å². The molecule has 7 nitrogen and oxygen atoms in total. The summed E-state index contributed by atoms with van der Waals surface area (Å²) in [7, 11) is 0. The van der Waals surface area contributed by atoms with Crippen molar-refractivity contribution in [3.63, 3.8) is 0 Å². The molecule has 3 N–H and O–H groups in total. The zero-order valence-corrected chi connectivity index (χ0v) is 11.7. The summed E-state index contributed by atoms with van der Waals surface area (Å²) in [6.45, 7) is 2.27. The molecular weight excluding hydrogens is 270 g/mol. The average molecular weight is 287 g/mol. The van der Waals surface area contributed by atoms with Crippen LogP contribution in [-0.4, -0.2) is 26.3 Å². The molecule has 0 fully saturated rings.